The smallest absolute Gasteiger partial charge is 0.328 e. The molecule has 0 aromatic carbocycles. The predicted octanol–water partition coefficient (Wildman–Crippen LogP) is -0.320. The molecule has 1 aromatic rings. The van der Waals surface area contributed by atoms with Gasteiger partial charge in [-0.05, 0) is 22.9 Å². The van der Waals surface area contributed by atoms with Gasteiger partial charge in [0.2, 0.25) is 0 Å². The van der Waals surface area contributed by atoms with Crippen molar-refractivity contribution in [3.63, 3.8) is 0 Å². The molecule has 0 radical (unpaired) electrons. The van der Waals surface area contributed by atoms with Crippen molar-refractivity contribution in [3.8, 4) is 0 Å². The van der Waals surface area contributed by atoms with Crippen LogP contribution in [-0.2, 0) is 6.54 Å². The van der Waals surface area contributed by atoms with Gasteiger partial charge in [0, 0.05) is 6.20 Å². The molecule has 0 amide bonds. The Labute approximate surface area is 82.2 Å². The van der Waals surface area contributed by atoms with Crippen LogP contribution < -0.4 is 11.2 Å². The maximum Gasteiger partial charge on any atom is 0.328 e. The third-order valence-electron chi connectivity index (χ3n) is 1.43. The van der Waals surface area contributed by atoms with Crippen LogP contribution in [0.2, 0.25) is 0 Å². The molecule has 0 aliphatic heterocycles. The third-order valence-corrected chi connectivity index (χ3v) is 1.99. The summed E-state index contributed by atoms with van der Waals surface area (Å²) in [4.78, 5) is 24.1. The summed E-state index contributed by atoms with van der Waals surface area (Å²) in [7, 11) is 0. The minimum absolute atomic E-state index is 0.161. The van der Waals surface area contributed by atoms with E-state index in [1.165, 1.54) is 10.8 Å². The normalized spacial score (nSPS) is 12.8. The second-order valence-electron chi connectivity index (χ2n) is 2.74. The zero-order chi connectivity index (χ0) is 10.0. The fraction of sp³-hybridized carbons (Fsp3) is 0.429. The fourth-order valence-electron chi connectivity index (χ4n) is 0.903. The molecule has 0 bridgehead atoms. The van der Waals surface area contributed by atoms with E-state index in [1.807, 2.05) is 0 Å². The highest BCUT2D eigenvalue weighted by atomic mass is 79.9. The zero-order valence-electron chi connectivity index (χ0n) is 6.95. The van der Waals surface area contributed by atoms with Crippen molar-refractivity contribution in [2.75, 3.05) is 0 Å². The molecule has 1 aromatic heterocycles. The molecule has 0 aliphatic rings. The van der Waals surface area contributed by atoms with Gasteiger partial charge in [0.05, 0.1) is 17.1 Å². The maximum absolute atomic E-state index is 11.1. The molecule has 0 fully saturated rings. The van der Waals surface area contributed by atoms with Gasteiger partial charge in [-0.3, -0.25) is 14.3 Å². The second kappa shape index (κ2) is 3.89. The number of halogens is 1. The fourth-order valence-corrected chi connectivity index (χ4v) is 1.25. The Hall–Kier alpha value is -0.880. The summed E-state index contributed by atoms with van der Waals surface area (Å²) in [5.41, 5.74) is -0.985. The van der Waals surface area contributed by atoms with Crippen molar-refractivity contribution in [1.82, 2.24) is 9.55 Å². The summed E-state index contributed by atoms with van der Waals surface area (Å²) >= 11 is 2.99. The molecular formula is C7H9BrN2O3. The first-order valence-corrected chi connectivity index (χ1v) is 4.47. The van der Waals surface area contributed by atoms with E-state index >= 15 is 0 Å². The van der Waals surface area contributed by atoms with Crippen LogP contribution >= 0.6 is 15.9 Å². The van der Waals surface area contributed by atoms with Gasteiger partial charge in [-0.15, -0.1) is 0 Å². The highest BCUT2D eigenvalue weighted by Crippen LogP contribution is 1.98. The van der Waals surface area contributed by atoms with Gasteiger partial charge >= 0.3 is 5.69 Å². The topological polar surface area (TPSA) is 75.1 Å². The van der Waals surface area contributed by atoms with Gasteiger partial charge in [-0.1, -0.05) is 0 Å². The third kappa shape index (κ3) is 2.53. The van der Waals surface area contributed by atoms with Crippen LogP contribution in [0.15, 0.2) is 20.3 Å². The summed E-state index contributed by atoms with van der Waals surface area (Å²) < 4.78 is 1.50. The molecule has 1 atom stereocenters. The lowest BCUT2D eigenvalue weighted by atomic mass is 10.4. The molecule has 0 saturated carbocycles. The van der Waals surface area contributed by atoms with Crippen LogP contribution in [0.3, 0.4) is 0 Å². The average Bonchev–Trinajstić information content (AvgIpc) is 1.99. The average molecular weight is 249 g/mol. The highest BCUT2D eigenvalue weighted by Gasteiger charge is 2.03. The van der Waals surface area contributed by atoms with Crippen LogP contribution in [0, 0.1) is 0 Å². The molecule has 1 rings (SSSR count). The molecule has 2 N–H and O–H groups in total. The minimum Gasteiger partial charge on any atom is -0.392 e. The largest absolute Gasteiger partial charge is 0.392 e. The SMILES string of the molecule is CC(O)Cn1cc(Br)c(=O)[nH]c1=O. The Balaban J connectivity index is 3.17. The summed E-state index contributed by atoms with van der Waals surface area (Å²) in [5, 5.41) is 9.02. The van der Waals surface area contributed by atoms with Crippen LogP contribution in [0.5, 0.6) is 0 Å². The van der Waals surface area contributed by atoms with E-state index in [-0.39, 0.29) is 11.0 Å². The first kappa shape index (κ1) is 10.2. The number of nitrogens with zero attached hydrogens (tertiary/aromatic N) is 1. The molecule has 13 heavy (non-hydrogen) atoms. The number of aliphatic hydroxyl groups excluding tert-OH is 1. The quantitative estimate of drug-likeness (QED) is 0.754. The monoisotopic (exact) mass is 248 g/mol. The van der Waals surface area contributed by atoms with Gasteiger partial charge in [0.15, 0.2) is 0 Å². The van der Waals surface area contributed by atoms with Crippen molar-refractivity contribution >= 4 is 15.9 Å². The summed E-state index contributed by atoms with van der Waals surface area (Å²) in [6.45, 7) is 1.72. The molecule has 1 heterocycles. The Morgan fingerprint density at radius 3 is 2.85 bits per heavy atom. The Bertz CT molecular complexity index is 407. The number of H-pyrrole nitrogens is 1. The molecule has 0 spiro atoms. The van der Waals surface area contributed by atoms with Gasteiger partial charge in [0.25, 0.3) is 5.56 Å². The van der Waals surface area contributed by atoms with Crippen molar-refractivity contribution in [3.05, 3.63) is 31.5 Å². The van der Waals surface area contributed by atoms with Crippen LogP contribution in [0.25, 0.3) is 0 Å². The van der Waals surface area contributed by atoms with Crippen molar-refractivity contribution < 1.29 is 5.11 Å². The molecule has 5 nitrogen and oxygen atoms in total. The number of aromatic nitrogens is 2. The molecule has 0 saturated heterocycles. The summed E-state index contributed by atoms with van der Waals surface area (Å²) in [6, 6.07) is 0. The second-order valence-corrected chi connectivity index (χ2v) is 3.59. The van der Waals surface area contributed by atoms with Gasteiger partial charge in [-0.2, -0.15) is 0 Å². The number of hydrogen-bond donors (Lipinski definition) is 2. The zero-order valence-corrected chi connectivity index (χ0v) is 8.54. The first-order chi connectivity index (χ1) is 6.00. The van der Waals surface area contributed by atoms with E-state index in [4.69, 9.17) is 5.11 Å². The molecule has 1 unspecified atom stereocenters. The van der Waals surface area contributed by atoms with Crippen molar-refractivity contribution in [2.24, 2.45) is 0 Å². The minimum atomic E-state index is -0.629. The van der Waals surface area contributed by atoms with E-state index in [0.29, 0.717) is 0 Å². The van der Waals surface area contributed by atoms with Crippen LogP contribution in [0.4, 0.5) is 0 Å². The van der Waals surface area contributed by atoms with Crippen molar-refractivity contribution in [2.45, 2.75) is 19.6 Å². The standard InChI is InChI=1S/C7H9BrN2O3/c1-4(11)2-10-3-5(8)6(12)9-7(10)13/h3-4,11H,2H2,1H3,(H,9,12,13). The van der Waals surface area contributed by atoms with Gasteiger partial charge < -0.3 is 5.11 Å². The van der Waals surface area contributed by atoms with Crippen molar-refractivity contribution in [1.29, 1.82) is 0 Å². The van der Waals surface area contributed by atoms with Gasteiger partial charge in [0.1, 0.15) is 0 Å². The molecule has 6 heteroatoms. The Morgan fingerprint density at radius 1 is 1.69 bits per heavy atom. The molecular weight excluding hydrogens is 240 g/mol. The van der Waals surface area contributed by atoms with E-state index in [1.54, 1.807) is 6.92 Å². The predicted molar refractivity (Wildman–Crippen MR) is 50.7 cm³/mol. The summed E-state index contributed by atoms with van der Waals surface area (Å²) in [5.74, 6) is 0. The molecule has 0 aliphatic carbocycles. The lowest BCUT2D eigenvalue weighted by molar-refractivity contribution is 0.171. The highest BCUT2D eigenvalue weighted by molar-refractivity contribution is 9.10. The lowest BCUT2D eigenvalue weighted by Crippen LogP contribution is -2.32. The van der Waals surface area contributed by atoms with E-state index in [0.717, 1.165) is 0 Å². The van der Waals surface area contributed by atoms with E-state index in [9.17, 15) is 9.59 Å². The van der Waals surface area contributed by atoms with E-state index in [2.05, 4.69) is 20.9 Å². The Kier molecular flexibility index (Phi) is 3.05. The number of hydrogen-bond acceptors (Lipinski definition) is 3. The summed E-state index contributed by atoms with van der Waals surface area (Å²) in [6.07, 6.45) is 0.726. The lowest BCUT2D eigenvalue weighted by Gasteiger charge is -2.06. The number of rotatable bonds is 2. The Morgan fingerprint density at radius 2 is 2.31 bits per heavy atom. The van der Waals surface area contributed by atoms with Gasteiger partial charge in [-0.25, -0.2) is 4.79 Å². The maximum atomic E-state index is 11.1. The molecule has 72 valence electrons. The van der Waals surface area contributed by atoms with Crippen LogP contribution in [0.1, 0.15) is 6.92 Å². The first-order valence-electron chi connectivity index (χ1n) is 3.68. The van der Waals surface area contributed by atoms with Crippen LogP contribution in [-0.4, -0.2) is 20.8 Å². The number of nitrogens with one attached hydrogen (secondary N) is 1. The number of aromatic amines is 1. The number of aliphatic hydroxyl groups is 1. The van der Waals surface area contributed by atoms with E-state index < -0.39 is 17.4 Å².